The molecule has 144 valence electrons. The molecule has 1 saturated heterocycles. The standard InChI is InChI=1S/C23H25N3O2/c27-23(25-28)10-9-17-5-7-18(8-6-17)16-26-13-11-19(12-14-26)21-15-24-22-4-2-1-3-20(21)22/h1-10,15,19,24,28H,11-14,16H2,(H,25,27)/b10-9+. The highest BCUT2D eigenvalue weighted by molar-refractivity contribution is 5.90. The van der Waals surface area contributed by atoms with Crippen LogP contribution in [0.1, 0.15) is 35.4 Å². The van der Waals surface area contributed by atoms with Crippen LogP contribution in [-0.4, -0.2) is 34.1 Å². The minimum absolute atomic E-state index is 0.526. The lowest BCUT2D eigenvalue weighted by Crippen LogP contribution is -2.32. The highest BCUT2D eigenvalue weighted by Crippen LogP contribution is 2.33. The first-order valence-corrected chi connectivity index (χ1v) is 9.72. The molecule has 0 radical (unpaired) electrons. The number of likely N-dealkylation sites (tertiary alicyclic amines) is 1. The lowest BCUT2D eigenvalue weighted by atomic mass is 9.89. The lowest BCUT2D eigenvalue weighted by molar-refractivity contribution is -0.124. The summed E-state index contributed by atoms with van der Waals surface area (Å²) < 4.78 is 0. The molecule has 5 heteroatoms. The molecule has 1 aliphatic rings. The molecule has 2 aromatic carbocycles. The van der Waals surface area contributed by atoms with Crippen molar-refractivity contribution in [2.45, 2.75) is 25.3 Å². The normalized spacial score (nSPS) is 16.0. The van der Waals surface area contributed by atoms with Crippen LogP contribution in [0.2, 0.25) is 0 Å². The minimum Gasteiger partial charge on any atom is -0.361 e. The molecular weight excluding hydrogens is 350 g/mol. The summed E-state index contributed by atoms with van der Waals surface area (Å²) in [7, 11) is 0. The second-order valence-electron chi connectivity index (χ2n) is 7.39. The van der Waals surface area contributed by atoms with E-state index in [4.69, 9.17) is 5.21 Å². The molecule has 0 unspecified atom stereocenters. The van der Waals surface area contributed by atoms with Crippen LogP contribution in [0.25, 0.3) is 17.0 Å². The van der Waals surface area contributed by atoms with E-state index < -0.39 is 5.91 Å². The Morgan fingerprint density at radius 3 is 2.64 bits per heavy atom. The largest absolute Gasteiger partial charge is 0.361 e. The molecule has 1 aliphatic heterocycles. The molecule has 0 aliphatic carbocycles. The van der Waals surface area contributed by atoms with Crippen molar-refractivity contribution in [3.8, 4) is 0 Å². The minimum atomic E-state index is -0.526. The van der Waals surface area contributed by atoms with Crippen LogP contribution >= 0.6 is 0 Å². The Morgan fingerprint density at radius 1 is 1.14 bits per heavy atom. The number of carbonyl (C=O) groups is 1. The number of piperidine rings is 1. The second kappa shape index (κ2) is 8.42. The van der Waals surface area contributed by atoms with E-state index in [1.165, 1.54) is 40.9 Å². The third-order valence-electron chi connectivity index (χ3n) is 5.57. The molecule has 0 spiro atoms. The third kappa shape index (κ3) is 4.16. The van der Waals surface area contributed by atoms with Gasteiger partial charge in [-0.25, -0.2) is 5.48 Å². The first-order chi connectivity index (χ1) is 13.7. The summed E-state index contributed by atoms with van der Waals surface area (Å²) in [4.78, 5) is 17.0. The summed E-state index contributed by atoms with van der Waals surface area (Å²) in [5, 5.41) is 9.87. The molecule has 3 N–H and O–H groups in total. The smallest absolute Gasteiger partial charge is 0.267 e. The molecule has 4 rings (SSSR count). The molecule has 2 heterocycles. The number of rotatable bonds is 5. The van der Waals surface area contributed by atoms with Crippen LogP contribution in [0.15, 0.2) is 60.8 Å². The first-order valence-electron chi connectivity index (χ1n) is 9.72. The zero-order chi connectivity index (χ0) is 19.3. The van der Waals surface area contributed by atoms with Crippen LogP contribution in [0, 0.1) is 0 Å². The second-order valence-corrected chi connectivity index (χ2v) is 7.39. The maximum absolute atomic E-state index is 11.0. The number of H-pyrrole nitrogens is 1. The zero-order valence-electron chi connectivity index (χ0n) is 15.8. The molecule has 28 heavy (non-hydrogen) atoms. The van der Waals surface area contributed by atoms with Crippen molar-refractivity contribution in [3.63, 3.8) is 0 Å². The Morgan fingerprint density at radius 2 is 1.89 bits per heavy atom. The van der Waals surface area contributed by atoms with Gasteiger partial charge in [-0.1, -0.05) is 42.5 Å². The Balaban J connectivity index is 1.33. The summed E-state index contributed by atoms with van der Waals surface area (Å²) in [6, 6.07) is 16.7. The number of para-hydroxylation sites is 1. The number of carbonyl (C=O) groups excluding carboxylic acids is 1. The van der Waals surface area contributed by atoms with Gasteiger partial charge in [-0.05, 0) is 60.7 Å². The molecule has 0 bridgehead atoms. The van der Waals surface area contributed by atoms with Crippen molar-refractivity contribution < 1.29 is 10.0 Å². The van der Waals surface area contributed by atoms with Crippen molar-refractivity contribution in [1.29, 1.82) is 0 Å². The Hall–Kier alpha value is -2.89. The van der Waals surface area contributed by atoms with Crippen molar-refractivity contribution in [2.75, 3.05) is 13.1 Å². The highest BCUT2D eigenvalue weighted by atomic mass is 16.5. The van der Waals surface area contributed by atoms with Crippen LogP contribution in [0.5, 0.6) is 0 Å². The van der Waals surface area contributed by atoms with E-state index in [1.807, 2.05) is 12.1 Å². The van der Waals surface area contributed by atoms with E-state index in [1.54, 1.807) is 11.6 Å². The van der Waals surface area contributed by atoms with Crippen molar-refractivity contribution in [2.24, 2.45) is 0 Å². The van der Waals surface area contributed by atoms with Gasteiger partial charge in [-0.3, -0.25) is 14.9 Å². The fourth-order valence-corrected chi connectivity index (χ4v) is 4.04. The van der Waals surface area contributed by atoms with Crippen molar-refractivity contribution >= 4 is 22.9 Å². The monoisotopic (exact) mass is 375 g/mol. The molecule has 3 aromatic rings. The SMILES string of the molecule is O=C(/C=C/c1ccc(CN2CCC(c3c[nH]c4ccccc34)CC2)cc1)NO. The van der Waals surface area contributed by atoms with Gasteiger partial charge in [-0.2, -0.15) is 0 Å². The maximum Gasteiger partial charge on any atom is 0.267 e. The number of hydrogen-bond acceptors (Lipinski definition) is 3. The fraction of sp³-hybridized carbons (Fsp3) is 0.261. The number of nitrogens with one attached hydrogen (secondary N) is 2. The van der Waals surface area contributed by atoms with Gasteiger partial charge in [0.15, 0.2) is 0 Å². The Labute approximate surface area is 164 Å². The summed E-state index contributed by atoms with van der Waals surface area (Å²) in [6.07, 6.45) is 7.54. The summed E-state index contributed by atoms with van der Waals surface area (Å²) in [6.45, 7) is 3.15. The van der Waals surface area contributed by atoms with Gasteiger partial charge < -0.3 is 4.98 Å². The molecule has 1 amide bonds. The predicted molar refractivity (Wildman–Crippen MR) is 111 cm³/mol. The van der Waals surface area contributed by atoms with Crippen LogP contribution in [0.3, 0.4) is 0 Å². The number of aromatic amines is 1. The Bertz CT molecular complexity index is 967. The number of hydrogen-bond donors (Lipinski definition) is 3. The molecule has 5 nitrogen and oxygen atoms in total. The Kier molecular flexibility index (Phi) is 5.55. The van der Waals surface area contributed by atoms with Gasteiger partial charge in [0.25, 0.3) is 5.91 Å². The van der Waals surface area contributed by atoms with E-state index in [2.05, 4.69) is 52.5 Å². The van der Waals surface area contributed by atoms with E-state index >= 15 is 0 Å². The van der Waals surface area contributed by atoms with E-state index in [-0.39, 0.29) is 0 Å². The number of benzene rings is 2. The van der Waals surface area contributed by atoms with Crippen LogP contribution < -0.4 is 5.48 Å². The number of amides is 1. The maximum atomic E-state index is 11.0. The lowest BCUT2D eigenvalue weighted by Gasteiger charge is -2.32. The average molecular weight is 375 g/mol. The molecule has 0 saturated carbocycles. The third-order valence-corrected chi connectivity index (χ3v) is 5.57. The van der Waals surface area contributed by atoms with Crippen molar-refractivity contribution in [1.82, 2.24) is 15.4 Å². The fourth-order valence-electron chi connectivity index (χ4n) is 4.04. The number of fused-ring (bicyclic) bond motifs is 1. The van der Waals surface area contributed by atoms with E-state index in [9.17, 15) is 4.79 Å². The summed E-state index contributed by atoms with van der Waals surface area (Å²) in [5.41, 5.74) is 6.48. The quantitative estimate of drug-likeness (QED) is 0.358. The first kappa shape index (κ1) is 18.5. The molecule has 0 atom stereocenters. The molecule has 1 fully saturated rings. The predicted octanol–water partition coefficient (Wildman–Crippen LogP) is 4.07. The number of hydroxylamine groups is 1. The zero-order valence-corrected chi connectivity index (χ0v) is 15.8. The van der Waals surface area contributed by atoms with Gasteiger partial charge in [0.1, 0.15) is 0 Å². The average Bonchev–Trinajstić information content (AvgIpc) is 3.18. The highest BCUT2D eigenvalue weighted by Gasteiger charge is 2.22. The van der Waals surface area contributed by atoms with Crippen LogP contribution in [0.4, 0.5) is 0 Å². The van der Waals surface area contributed by atoms with Gasteiger partial charge >= 0.3 is 0 Å². The van der Waals surface area contributed by atoms with E-state index in [0.717, 1.165) is 25.2 Å². The number of aromatic nitrogens is 1. The summed E-state index contributed by atoms with van der Waals surface area (Å²) >= 11 is 0. The summed E-state index contributed by atoms with van der Waals surface area (Å²) in [5.74, 6) is 0.0970. The van der Waals surface area contributed by atoms with Gasteiger partial charge in [-0.15, -0.1) is 0 Å². The molecule has 1 aromatic heterocycles. The number of nitrogens with zero attached hydrogens (tertiary/aromatic N) is 1. The topological polar surface area (TPSA) is 68.4 Å². The van der Waals surface area contributed by atoms with Gasteiger partial charge in [0.05, 0.1) is 0 Å². The van der Waals surface area contributed by atoms with E-state index in [0.29, 0.717) is 5.92 Å². The van der Waals surface area contributed by atoms with Gasteiger partial charge in [0.2, 0.25) is 0 Å². The molecular formula is C23H25N3O2. The van der Waals surface area contributed by atoms with Crippen LogP contribution in [-0.2, 0) is 11.3 Å². The van der Waals surface area contributed by atoms with Crippen molar-refractivity contribution in [3.05, 3.63) is 77.5 Å². The van der Waals surface area contributed by atoms with Gasteiger partial charge in [0, 0.05) is 29.7 Å².